The molecule has 4 heteroatoms. The molecule has 1 aliphatic rings. The van der Waals surface area contributed by atoms with Gasteiger partial charge in [-0.25, -0.2) is 0 Å². The van der Waals surface area contributed by atoms with Crippen LogP contribution in [-0.4, -0.2) is 30.4 Å². The lowest BCUT2D eigenvalue weighted by molar-refractivity contribution is -0.130. The van der Waals surface area contributed by atoms with Gasteiger partial charge in [0, 0.05) is 23.2 Å². The number of halogens is 1. The van der Waals surface area contributed by atoms with Crippen LogP contribution in [0.15, 0.2) is 28.7 Å². The largest absolute Gasteiger partial charge is 0.375 e. The number of hydrogen-bond acceptors (Lipinski definition) is 2. The first-order chi connectivity index (χ1) is 9.18. The predicted molar refractivity (Wildman–Crippen MR) is 82.3 cm³/mol. The van der Waals surface area contributed by atoms with E-state index in [0.29, 0.717) is 12.6 Å². The Morgan fingerprint density at radius 1 is 1.32 bits per heavy atom. The van der Waals surface area contributed by atoms with Gasteiger partial charge < -0.3 is 10.2 Å². The van der Waals surface area contributed by atoms with E-state index in [1.165, 1.54) is 19.3 Å². The number of carbonyl (C=O) groups is 1. The van der Waals surface area contributed by atoms with Gasteiger partial charge in [0.15, 0.2) is 0 Å². The lowest BCUT2D eigenvalue weighted by Gasteiger charge is -2.31. The molecule has 0 aliphatic heterocycles. The molecule has 1 aromatic carbocycles. The zero-order valence-electron chi connectivity index (χ0n) is 11.4. The molecule has 0 aromatic heterocycles. The summed E-state index contributed by atoms with van der Waals surface area (Å²) in [5.74, 6) is 0.169. The molecule has 1 amide bonds. The van der Waals surface area contributed by atoms with Crippen molar-refractivity contribution in [2.75, 3.05) is 18.9 Å². The van der Waals surface area contributed by atoms with Gasteiger partial charge in [-0.2, -0.15) is 0 Å². The van der Waals surface area contributed by atoms with Gasteiger partial charge in [0.25, 0.3) is 0 Å². The molecule has 0 bridgehead atoms. The summed E-state index contributed by atoms with van der Waals surface area (Å²) in [4.78, 5) is 14.1. The first-order valence-corrected chi connectivity index (χ1v) is 7.72. The first kappa shape index (κ1) is 14.4. The Morgan fingerprint density at radius 2 is 2.00 bits per heavy atom. The SMILES string of the molecule is CN(C(=O)CNc1ccccc1Br)C1CCCCC1. The van der Waals surface area contributed by atoms with Crippen molar-refractivity contribution in [3.8, 4) is 0 Å². The lowest BCUT2D eigenvalue weighted by Crippen LogP contribution is -2.41. The second-order valence-corrected chi connectivity index (χ2v) is 5.98. The van der Waals surface area contributed by atoms with E-state index >= 15 is 0 Å². The Bertz CT molecular complexity index is 430. The van der Waals surface area contributed by atoms with Crippen LogP contribution in [0.3, 0.4) is 0 Å². The molecule has 0 atom stereocenters. The number of benzene rings is 1. The minimum Gasteiger partial charge on any atom is -0.375 e. The van der Waals surface area contributed by atoms with Crippen LogP contribution in [0.5, 0.6) is 0 Å². The van der Waals surface area contributed by atoms with Gasteiger partial charge in [0.1, 0.15) is 0 Å². The second kappa shape index (κ2) is 6.94. The highest BCUT2D eigenvalue weighted by molar-refractivity contribution is 9.10. The number of hydrogen-bond donors (Lipinski definition) is 1. The van der Waals surface area contributed by atoms with Gasteiger partial charge in [-0.1, -0.05) is 31.4 Å². The van der Waals surface area contributed by atoms with E-state index in [2.05, 4.69) is 21.2 Å². The maximum absolute atomic E-state index is 12.2. The van der Waals surface area contributed by atoms with Crippen LogP contribution in [0.1, 0.15) is 32.1 Å². The molecule has 0 unspecified atom stereocenters. The molecular formula is C15H21BrN2O. The van der Waals surface area contributed by atoms with Gasteiger partial charge >= 0.3 is 0 Å². The van der Waals surface area contributed by atoms with Crippen molar-refractivity contribution in [3.05, 3.63) is 28.7 Å². The number of nitrogens with zero attached hydrogens (tertiary/aromatic N) is 1. The van der Waals surface area contributed by atoms with Crippen LogP contribution in [0, 0.1) is 0 Å². The Morgan fingerprint density at radius 3 is 2.68 bits per heavy atom. The van der Waals surface area contributed by atoms with Crippen molar-refractivity contribution in [2.45, 2.75) is 38.1 Å². The van der Waals surface area contributed by atoms with Crippen molar-refractivity contribution in [1.82, 2.24) is 4.90 Å². The number of anilines is 1. The van der Waals surface area contributed by atoms with E-state index in [-0.39, 0.29) is 5.91 Å². The molecule has 1 aliphatic carbocycles. The highest BCUT2D eigenvalue weighted by atomic mass is 79.9. The minimum atomic E-state index is 0.169. The normalized spacial score (nSPS) is 16.1. The number of likely N-dealkylation sites (N-methyl/N-ethyl adjacent to an activating group) is 1. The summed E-state index contributed by atoms with van der Waals surface area (Å²) in [5, 5.41) is 3.19. The molecular weight excluding hydrogens is 304 g/mol. The number of rotatable bonds is 4. The molecule has 104 valence electrons. The molecule has 1 aromatic rings. The van der Waals surface area contributed by atoms with Crippen molar-refractivity contribution >= 4 is 27.5 Å². The van der Waals surface area contributed by atoms with E-state index in [1.54, 1.807) is 0 Å². The molecule has 2 rings (SSSR count). The Kier molecular flexibility index (Phi) is 5.25. The maximum atomic E-state index is 12.2. The average molecular weight is 325 g/mol. The first-order valence-electron chi connectivity index (χ1n) is 6.92. The zero-order chi connectivity index (χ0) is 13.7. The van der Waals surface area contributed by atoms with Crippen LogP contribution >= 0.6 is 15.9 Å². The molecule has 0 heterocycles. The zero-order valence-corrected chi connectivity index (χ0v) is 12.9. The molecule has 3 nitrogen and oxygen atoms in total. The van der Waals surface area contributed by atoms with E-state index in [1.807, 2.05) is 36.2 Å². The fourth-order valence-corrected chi connectivity index (χ4v) is 3.00. The molecule has 1 saturated carbocycles. The van der Waals surface area contributed by atoms with Crippen LogP contribution in [0.2, 0.25) is 0 Å². The molecule has 1 fully saturated rings. The Hall–Kier alpha value is -1.03. The third-order valence-corrected chi connectivity index (χ3v) is 4.51. The van der Waals surface area contributed by atoms with E-state index in [9.17, 15) is 4.79 Å². The van der Waals surface area contributed by atoms with Crippen molar-refractivity contribution in [1.29, 1.82) is 0 Å². The van der Waals surface area contributed by atoms with Crippen molar-refractivity contribution < 1.29 is 4.79 Å². The van der Waals surface area contributed by atoms with Gasteiger partial charge in [-0.3, -0.25) is 4.79 Å². The second-order valence-electron chi connectivity index (χ2n) is 5.13. The summed E-state index contributed by atoms with van der Waals surface area (Å²) in [6.07, 6.45) is 6.11. The number of carbonyl (C=O) groups excluding carboxylic acids is 1. The third kappa shape index (κ3) is 3.96. The summed E-state index contributed by atoms with van der Waals surface area (Å²) >= 11 is 3.47. The summed E-state index contributed by atoms with van der Waals surface area (Å²) in [6, 6.07) is 8.30. The highest BCUT2D eigenvalue weighted by Gasteiger charge is 2.21. The van der Waals surface area contributed by atoms with Crippen molar-refractivity contribution in [2.24, 2.45) is 0 Å². The number of para-hydroxylation sites is 1. The smallest absolute Gasteiger partial charge is 0.241 e. The quantitative estimate of drug-likeness (QED) is 0.916. The third-order valence-electron chi connectivity index (χ3n) is 3.82. The summed E-state index contributed by atoms with van der Waals surface area (Å²) < 4.78 is 0.989. The molecule has 1 N–H and O–H groups in total. The van der Waals surface area contributed by atoms with E-state index < -0.39 is 0 Å². The summed E-state index contributed by atoms with van der Waals surface area (Å²) in [5.41, 5.74) is 0.966. The van der Waals surface area contributed by atoms with Crippen LogP contribution < -0.4 is 5.32 Å². The molecule has 0 saturated heterocycles. The standard InChI is InChI=1S/C15H21BrN2O/c1-18(12-7-3-2-4-8-12)15(19)11-17-14-10-6-5-9-13(14)16/h5-6,9-10,12,17H,2-4,7-8,11H2,1H3. The van der Waals surface area contributed by atoms with Crippen LogP contribution in [0.25, 0.3) is 0 Å². The fraction of sp³-hybridized carbons (Fsp3) is 0.533. The van der Waals surface area contributed by atoms with E-state index in [4.69, 9.17) is 0 Å². The Balaban J connectivity index is 1.85. The predicted octanol–water partition coefficient (Wildman–Crippen LogP) is 3.65. The van der Waals surface area contributed by atoms with E-state index in [0.717, 1.165) is 23.0 Å². The molecule has 0 spiro atoms. The van der Waals surface area contributed by atoms with Gasteiger partial charge in [0.05, 0.1) is 6.54 Å². The number of amides is 1. The summed E-state index contributed by atoms with van der Waals surface area (Å²) in [7, 11) is 1.93. The Labute approximate surface area is 123 Å². The fourth-order valence-electron chi connectivity index (χ4n) is 2.57. The summed E-state index contributed by atoms with van der Waals surface area (Å²) in [6.45, 7) is 0.357. The number of nitrogens with one attached hydrogen (secondary N) is 1. The minimum absolute atomic E-state index is 0.169. The molecule has 19 heavy (non-hydrogen) atoms. The van der Waals surface area contributed by atoms with Crippen LogP contribution in [0.4, 0.5) is 5.69 Å². The van der Waals surface area contributed by atoms with Gasteiger partial charge in [-0.05, 0) is 40.9 Å². The molecule has 0 radical (unpaired) electrons. The average Bonchev–Trinajstić information content (AvgIpc) is 2.46. The van der Waals surface area contributed by atoms with Crippen LogP contribution in [-0.2, 0) is 4.79 Å². The lowest BCUT2D eigenvalue weighted by atomic mass is 9.94. The van der Waals surface area contributed by atoms with Gasteiger partial charge in [-0.15, -0.1) is 0 Å². The maximum Gasteiger partial charge on any atom is 0.241 e. The van der Waals surface area contributed by atoms with Crippen molar-refractivity contribution in [3.63, 3.8) is 0 Å². The highest BCUT2D eigenvalue weighted by Crippen LogP contribution is 2.23. The topological polar surface area (TPSA) is 32.3 Å². The monoisotopic (exact) mass is 324 g/mol. The van der Waals surface area contributed by atoms with Gasteiger partial charge in [0.2, 0.25) is 5.91 Å².